The lowest BCUT2D eigenvalue weighted by Crippen LogP contribution is -2.20. The number of para-hydroxylation sites is 1. The van der Waals surface area contributed by atoms with Crippen LogP contribution in [0.2, 0.25) is 0 Å². The Bertz CT molecular complexity index is 1220. The predicted octanol–water partition coefficient (Wildman–Crippen LogP) is 4.15. The fourth-order valence-corrected chi connectivity index (χ4v) is 3.35. The van der Waals surface area contributed by atoms with Crippen molar-refractivity contribution in [2.75, 3.05) is 19.0 Å². The van der Waals surface area contributed by atoms with E-state index in [1.54, 1.807) is 24.3 Å². The van der Waals surface area contributed by atoms with Crippen LogP contribution in [0.5, 0.6) is 11.5 Å². The minimum absolute atomic E-state index is 0.114. The molecule has 0 aliphatic carbocycles. The number of anilines is 1. The molecule has 0 fully saturated rings. The van der Waals surface area contributed by atoms with Crippen molar-refractivity contribution in [3.63, 3.8) is 0 Å². The smallest absolute Gasteiger partial charge is 0.271 e. The van der Waals surface area contributed by atoms with E-state index in [1.807, 2.05) is 18.2 Å². The van der Waals surface area contributed by atoms with E-state index in [4.69, 9.17) is 9.47 Å². The third-order valence-corrected chi connectivity index (χ3v) is 4.97. The molecule has 0 radical (unpaired) electrons. The summed E-state index contributed by atoms with van der Waals surface area (Å²) in [5.74, 6) is -0.177. The van der Waals surface area contributed by atoms with E-state index in [0.717, 1.165) is 0 Å². The van der Waals surface area contributed by atoms with Gasteiger partial charge in [0, 0.05) is 23.4 Å². The number of nitro benzene ring substituents is 1. The van der Waals surface area contributed by atoms with Gasteiger partial charge in [0.1, 0.15) is 0 Å². The third-order valence-electron chi connectivity index (χ3n) is 4.38. The largest absolute Gasteiger partial charge is 0.493 e. The maximum atomic E-state index is 12.2. The summed E-state index contributed by atoms with van der Waals surface area (Å²) in [4.78, 5) is 34.5. The van der Waals surface area contributed by atoms with E-state index in [2.05, 4.69) is 31.8 Å². The van der Waals surface area contributed by atoms with E-state index in [0.29, 0.717) is 27.2 Å². The minimum atomic E-state index is -0.547. The zero-order chi connectivity index (χ0) is 24.5. The summed E-state index contributed by atoms with van der Waals surface area (Å²) in [5.41, 5.74) is 3.69. The molecule has 0 unspecified atom stereocenters. The average Bonchev–Trinajstić information content (AvgIpc) is 2.83. The summed E-state index contributed by atoms with van der Waals surface area (Å²) < 4.78 is 11.5. The molecule has 3 aromatic carbocycles. The molecule has 3 rings (SSSR count). The number of amides is 2. The molecule has 0 saturated heterocycles. The summed E-state index contributed by atoms with van der Waals surface area (Å²) in [6.07, 6.45) is 1.39. The van der Waals surface area contributed by atoms with Crippen LogP contribution in [0.25, 0.3) is 0 Å². The number of methoxy groups -OCH3 is 1. The Kier molecular flexibility index (Phi) is 8.30. The van der Waals surface area contributed by atoms with Gasteiger partial charge in [-0.15, -0.1) is 0 Å². The van der Waals surface area contributed by atoms with Crippen LogP contribution in [0.3, 0.4) is 0 Å². The van der Waals surface area contributed by atoms with E-state index < -0.39 is 10.8 Å². The van der Waals surface area contributed by atoms with Crippen LogP contribution in [0, 0.1) is 10.1 Å². The molecule has 11 heteroatoms. The minimum Gasteiger partial charge on any atom is -0.493 e. The Morgan fingerprint density at radius 3 is 2.47 bits per heavy atom. The number of benzene rings is 3. The van der Waals surface area contributed by atoms with Gasteiger partial charge >= 0.3 is 0 Å². The van der Waals surface area contributed by atoms with Crippen LogP contribution in [-0.4, -0.2) is 36.7 Å². The predicted molar refractivity (Wildman–Crippen MR) is 129 cm³/mol. The van der Waals surface area contributed by atoms with Gasteiger partial charge in [0.2, 0.25) is 0 Å². The maximum absolute atomic E-state index is 12.2. The molecule has 0 spiro atoms. The molecular formula is C23H19BrN4O6. The second kappa shape index (κ2) is 11.6. The number of nitrogens with zero attached hydrogens (tertiary/aromatic N) is 2. The number of hydrogen-bond acceptors (Lipinski definition) is 7. The van der Waals surface area contributed by atoms with Gasteiger partial charge in [-0.3, -0.25) is 19.7 Å². The van der Waals surface area contributed by atoms with Crippen molar-refractivity contribution >= 4 is 45.3 Å². The van der Waals surface area contributed by atoms with Crippen molar-refractivity contribution in [2.24, 2.45) is 5.10 Å². The molecule has 34 heavy (non-hydrogen) atoms. The fraction of sp³-hybridized carbons (Fsp3) is 0.0870. The summed E-state index contributed by atoms with van der Waals surface area (Å²) in [6.45, 7) is -0.234. The van der Waals surface area contributed by atoms with Gasteiger partial charge in [-0.05, 0) is 57.9 Å². The second-order valence-corrected chi connectivity index (χ2v) is 7.59. The monoisotopic (exact) mass is 526 g/mol. The normalized spacial score (nSPS) is 10.5. The number of rotatable bonds is 9. The number of carbonyl (C=O) groups excluding carboxylic acids is 2. The van der Waals surface area contributed by atoms with Gasteiger partial charge in [0.15, 0.2) is 18.1 Å². The van der Waals surface area contributed by atoms with Gasteiger partial charge in [-0.25, -0.2) is 5.43 Å². The fourth-order valence-electron chi connectivity index (χ4n) is 2.78. The number of hydrogen-bond donors (Lipinski definition) is 2. The van der Waals surface area contributed by atoms with Gasteiger partial charge in [0.05, 0.1) is 22.7 Å². The SMILES string of the molecule is COc1cc(/C=N/NC(=O)c2ccc([N+](=O)[O-])cc2)cc(Br)c1OCC(=O)Nc1ccccc1. The zero-order valence-electron chi connectivity index (χ0n) is 17.9. The first kappa shape index (κ1) is 24.4. The number of nitrogens with one attached hydrogen (secondary N) is 2. The van der Waals surface area contributed by atoms with Crippen LogP contribution in [0.1, 0.15) is 15.9 Å². The highest BCUT2D eigenvalue weighted by molar-refractivity contribution is 9.10. The van der Waals surface area contributed by atoms with Crippen LogP contribution < -0.4 is 20.2 Å². The Balaban J connectivity index is 1.62. The van der Waals surface area contributed by atoms with E-state index in [9.17, 15) is 19.7 Å². The molecule has 174 valence electrons. The van der Waals surface area contributed by atoms with Crippen LogP contribution in [0.15, 0.2) is 76.3 Å². The lowest BCUT2D eigenvalue weighted by Gasteiger charge is -2.13. The van der Waals surface area contributed by atoms with Gasteiger partial charge < -0.3 is 14.8 Å². The molecule has 0 saturated carbocycles. The number of nitro groups is 1. The van der Waals surface area contributed by atoms with Crippen molar-refractivity contribution in [3.05, 3.63) is 92.4 Å². The first-order valence-corrected chi connectivity index (χ1v) is 10.6. The zero-order valence-corrected chi connectivity index (χ0v) is 19.4. The highest BCUT2D eigenvalue weighted by Gasteiger charge is 2.14. The van der Waals surface area contributed by atoms with Crippen molar-refractivity contribution in [1.82, 2.24) is 5.43 Å². The molecule has 2 N–H and O–H groups in total. The van der Waals surface area contributed by atoms with Crippen molar-refractivity contribution in [2.45, 2.75) is 0 Å². The van der Waals surface area contributed by atoms with Crippen molar-refractivity contribution < 1.29 is 24.0 Å². The number of carbonyl (C=O) groups is 2. The Morgan fingerprint density at radius 2 is 1.82 bits per heavy atom. The summed E-state index contributed by atoms with van der Waals surface area (Å²) >= 11 is 3.39. The molecule has 0 aliphatic rings. The quantitative estimate of drug-likeness (QED) is 0.244. The molecule has 2 amide bonds. The van der Waals surface area contributed by atoms with Gasteiger partial charge in [-0.1, -0.05) is 18.2 Å². The Morgan fingerprint density at radius 1 is 1.12 bits per heavy atom. The number of halogens is 1. The lowest BCUT2D eigenvalue weighted by atomic mass is 10.2. The topological polar surface area (TPSA) is 132 Å². The lowest BCUT2D eigenvalue weighted by molar-refractivity contribution is -0.384. The van der Waals surface area contributed by atoms with Gasteiger partial charge in [0.25, 0.3) is 17.5 Å². The number of non-ortho nitro benzene ring substituents is 1. The van der Waals surface area contributed by atoms with Crippen LogP contribution in [-0.2, 0) is 4.79 Å². The first-order valence-electron chi connectivity index (χ1n) is 9.80. The van der Waals surface area contributed by atoms with Gasteiger partial charge in [-0.2, -0.15) is 5.10 Å². The van der Waals surface area contributed by atoms with E-state index in [1.165, 1.54) is 37.6 Å². The van der Waals surface area contributed by atoms with Crippen molar-refractivity contribution in [1.29, 1.82) is 0 Å². The Hall–Kier alpha value is -4.25. The standard InChI is InChI=1S/C23H19BrN4O6/c1-33-20-12-15(13-25-27-23(30)16-7-9-18(10-8-16)28(31)32)11-19(24)22(20)34-14-21(29)26-17-5-3-2-4-6-17/h2-13H,14H2,1H3,(H,26,29)(H,27,30)/b25-13+. The van der Waals surface area contributed by atoms with E-state index >= 15 is 0 Å². The van der Waals surface area contributed by atoms with Crippen molar-refractivity contribution in [3.8, 4) is 11.5 Å². The summed E-state index contributed by atoms with van der Waals surface area (Å²) in [6, 6.07) is 17.4. The molecule has 0 atom stereocenters. The van der Waals surface area contributed by atoms with E-state index in [-0.39, 0.29) is 23.8 Å². The highest BCUT2D eigenvalue weighted by atomic mass is 79.9. The first-order chi connectivity index (χ1) is 16.4. The maximum Gasteiger partial charge on any atom is 0.271 e. The number of ether oxygens (including phenoxy) is 2. The number of hydrazone groups is 1. The average molecular weight is 527 g/mol. The molecular weight excluding hydrogens is 508 g/mol. The third kappa shape index (κ3) is 6.62. The van der Waals surface area contributed by atoms with Crippen LogP contribution in [0.4, 0.5) is 11.4 Å². The second-order valence-electron chi connectivity index (χ2n) is 6.74. The Labute approximate surface area is 202 Å². The molecule has 0 aliphatic heterocycles. The van der Waals surface area contributed by atoms with Crippen LogP contribution >= 0.6 is 15.9 Å². The molecule has 3 aromatic rings. The summed E-state index contributed by atoms with van der Waals surface area (Å²) in [7, 11) is 1.45. The molecule has 10 nitrogen and oxygen atoms in total. The molecule has 0 bridgehead atoms. The molecule has 0 aromatic heterocycles. The molecule has 0 heterocycles. The summed E-state index contributed by atoms with van der Waals surface area (Å²) in [5, 5.41) is 17.3. The highest BCUT2D eigenvalue weighted by Crippen LogP contribution is 2.36.